The van der Waals surface area contributed by atoms with E-state index in [1.54, 1.807) is 0 Å². The predicted octanol–water partition coefficient (Wildman–Crippen LogP) is 14.0. The number of hydrogen-bond donors (Lipinski definition) is 0. The maximum Gasteiger partial charge on any atom is 0.0542 e. The van der Waals surface area contributed by atoms with Gasteiger partial charge in [0.2, 0.25) is 0 Å². The van der Waals surface area contributed by atoms with E-state index in [-0.39, 0.29) is 0 Å². The first-order chi connectivity index (χ1) is 27.8. The van der Waals surface area contributed by atoms with Gasteiger partial charge in [0.15, 0.2) is 0 Å². The van der Waals surface area contributed by atoms with Crippen LogP contribution in [-0.2, 0) is 0 Å². The zero-order chi connectivity index (χ0) is 36.7. The molecule has 8 aromatic rings. The summed E-state index contributed by atoms with van der Waals surface area (Å²) in [5.41, 5.74) is 20.0. The van der Waals surface area contributed by atoms with E-state index in [1.807, 2.05) is 0 Å². The van der Waals surface area contributed by atoms with Crippen molar-refractivity contribution in [3.63, 3.8) is 0 Å². The molecule has 2 heteroatoms. The van der Waals surface area contributed by atoms with Gasteiger partial charge in [-0.3, -0.25) is 0 Å². The highest BCUT2D eigenvalue weighted by atomic mass is 15.1. The molecule has 4 aliphatic carbocycles. The second-order valence-electron chi connectivity index (χ2n) is 15.2. The van der Waals surface area contributed by atoms with Gasteiger partial charge in [0, 0.05) is 45.4 Å². The van der Waals surface area contributed by atoms with Crippen LogP contribution in [0.5, 0.6) is 0 Å². The van der Waals surface area contributed by atoms with Gasteiger partial charge in [0.25, 0.3) is 0 Å². The summed E-state index contributed by atoms with van der Waals surface area (Å²) in [6.45, 7) is 0. The van der Waals surface area contributed by atoms with E-state index < -0.39 is 0 Å². The van der Waals surface area contributed by atoms with Crippen molar-refractivity contribution in [2.45, 2.75) is 0 Å². The molecule has 262 valence electrons. The highest BCUT2D eigenvalue weighted by Gasteiger charge is 2.33. The lowest BCUT2D eigenvalue weighted by atomic mass is 9.84. The minimum absolute atomic E-state index is 0.362. The van der Waals surface area contributed by atoms with Crippen molar-refractivity contribution in [3.8, 4) is 22.3 Å². The first kappa shape index (κ1) is 31.2. The normalized spacial score (nSPS) is 17.1. The maximum atomic E-state index is 2.45. The monoisotopic (exact) mass is 712 g/mol. The molecule has 0 radical (unpaired) electrons. The molecule has 12 rings (SSSR count). The summed E-state index contributed by atoms with van der Waals surface area (Å²) in [5, 5.41) is 2.49. The third kappa shape index (κ3) is 4.56. The number of fused-ring (bicyclic) bond motifs is 10. The fourth-order valence-electron chi connectivity index (χ4n) is 9.76. The van der Waals surface area contributed by atoms with Crippen molar-refractivity contribution >= 4 is 55.7 Å². The predicted molar refractivity (Wildman–Crippen MR) is 235 cm³/mol. The Labute approximate surface area is 326 Å². The number of para-hydroxylation sites is 2. The Morgan fingerprint density at radius 1 is 0.375 bits per heavy atom. The summed E-state index contributed by atoms with van der Waals surface area (Å²) < 4.78 is 2.45. The van der Waals surface area contributed by atoms with Crippen LogP contribution < -0.4 is 4.90 Å². The minimum Gasteiger partial charge on any atom is -0.310 e. The van der Waals surface area contributed by atoms with Crippen LogP contribution in [0.3, 0.4) is 0 Å². The van der Waals surface area contributed by atoms with Crippen molar-refractivity contribution in [1.82, 2.24) is 4.57 Å². The molecule has 1 aromatic heterocycles. The second kappa shape index (κ2) is 12.2. The van der Waals surface area contributed by atoms with Gasteiger partial charge in [-0.15, -0.1) is 0 Å². The first-order valence-electron chi connectivity index (χ1n) is 19.6. The average molecular weight is 713 g/mol. The summed E-state index contributed by atoms with van der Waals surface area (Å²) in [6, 6.07) is 60.5. The fourth-order valence-corrected chi connectivity index (χ4v) is 9.76. The molecule has 1 heterocycles. The first-order valence-corrected chi connectivity index (χ1v) is 19.6. The Bertz CT molecular complexity index is 3040. The Balaban J connectivity index is 1.07. The van der Waals surface area contributed by atoms with Crippen molar-refractivity contribution in [2.24, 2.45) is 11.8 Å². The van der Waals surface area contributed by atoms with E-state index in [9.17, 15) is 0 Å². The Morgan fingerprint density at radius 3 is 1.62 bits per heavy atom. The lowest BCUT2D eigenvalue weighted by Gasteiger charge is -2.27. The molecule has 56 heavy (non-hydrogen) atoms. The molecule has 0 aliphatic heterocycles. The quantitative estimate of drug-likeness (QED) is 0.176. The van der Waals surface area contributed by atoms with E-state index in [4.69, 9.17) is 0 Å². The van der Waals surface area contributed by atoms with E-state index in [0.29, 0.717) is 11.8 Å². The molecule has 7 aromatic carbocycles. The van der Waals surface area contributed by atoms with E-state index in [0.717, 1.165) is 17.1 Å². The number of rotatable bonds is 4. The summed E-state index contributed by atoms with van der Waals surface area (Å²) in [6.07, 6.45) is 16.0. The molecule has 0 fully saturated rings. The van der Waals surface area contributed by atoms with Gasteiger partial charge in [0.1, 0.15) is 0 Å². The van der Waals surface area contributed by atoms with Crippen molar-refractivity contribution in [2.75, 3.05) is 4.90 Å². The molecule has 0 N–H and O–H groups in total. The zero-order valence-corrected chi connectivity index (χ0v) is 30.7. The summed E-state index contributed by atoms with van der Waals surface area (Å²) >= 11 is 0. The van der Waals surface area contributed by atoms with Crippen LogP contribution in [0.2, 0.25) is 0 Å². The third-order valence-electron chi connectivity index (χ3n) is 12.2. The summed E-state index contributed by atoms with van der Waals surface area (Å²) in [4.78, 5) is 2.43. The minimum atomic E-state index is 0.362. The van der Waals surface area contributed by atoms with Crippen LogP contribution in [0.1, 0.15) is 22.3 Å². The lowest BCUT2D eigenvalue weighted by molar-refractivity contribution is 0.659. The Morgan fingerprint density at radius 2 is 0.911 bits per heavy atom. The molecule has 2 unspecified atom stereocenters. The van der Waals surface area contributed by atoms with Gasteiger partial charge < -0.3 is 9.47 Å². The molecule has 0 saturated heterocycles. The zero-order valence-electron chi connectivity index (χ0n) is 30.7. The van der Waals surface area contributed by atoms with Crippen LogP contribution in [0.15, 0.2) is 206 Å². The van der Waals surface area contributed by atoms with E-state index in [2.05, 4.69) is 216 Å². The molecule has 4 aliphatic rings. The van der Waals surface area contributed by atoms with Gasteiger partial charge >= 0.3 is 0 Å². The number of allylic oxidation sites excluding steroid dienone is 8. The standard InChI is InChI=1S/C54H36N2/c1-2-16-37(17-3-1)55(40-29-31-52-49(33-40)45-21-12-13-25-51(45)56(52)38-27-26-35-14-4-5-15-36(35)32-38)39-28-30-44-43-20-8-11-24-48(43)54(50(44)34-39)53-46-22-9-6-18-41(46)42-19-7-10-23-47(42)53/h1-36H. The number of nitrogens with zero attached hydrogens (tertiary/aromatic N) is 2. The van der Waals surface area contributed by atoms with Crippen LogP contribution >= 0.6 is 0 Å². The Kier molecular flexibility index (Phi) is 6.79. The summed E-state index contributed by atoms with van der Waals surface area (Å²) in [7, 11) is 0. The second-order valence-corrected chi connectivity index (χ2v) is 15.2. The van der Waals surface area contributed by atoms with Crippen molar-refractivity contribution < 1.29 is 0 Å². The van der Waals surface area contributed by atoms with Crippen LogP contribution in [-0.4, -0.2) is 4.57 Å². The molecule has 2 atom stereocenters. The molecule has 0 amide bonds. The average Bonchev–Trinajstić information content (AvgIpc) is 3.89. The van der Waals surface area contributed by atoms with Crippen LogP contribution in [0.4, 0.5) is 17.1 Å². The SMILES string of the molecule is C1=CC2C=CC(n3c4ccccc4c4cc(N(c5ccccc5)c5ccc6c(c5)C(=C5c7ccccc7-c7ccccc75)c5ccccc5-6)ccc43)=CC2C=C1. The molecular formula is C54H36N2. The Hall–Kier alpha value is -7.16. The van der Waals surface area contributed by atoms with Gasteiger partial charge in [-0.05, 0) is 110 Å². The third-order valence-corrected chi connectivity index (χ3v) is 12.2. The molecule has 2 nitrogen and oxygen atoms in total. The van der Waals surface area contributed by atoms with Gasteiger partial charge in [-0.1, -0.05) is 152 Å². The number of aromatic nitrogens is 1. The number of benzene rings is 7. The molecule has 0 saturated carbocycles. The largest absolute Gasteiger partial charge is 0.310 e. The number of hydrogen-bond acceptors (Lipinski definition) is 1. The maximum absolute atomic E-state index is 2.45. The highest BCUT2D eigenvalue weighted by Crippen LogP contribution is 2.55. The van der Waals surface area contributed by atoms with E-state index in [1.165, 1.54) is 83.2 Å². The van der Waals surface area contributed by atoms with Crippen molar-refractivity contribution in [1.29, 1.82) is 0 Å². The molecule has 0 bridgehead atoms. The molecule has 0 spiro atoms. The van der Waals surface area contributed by atoms with Crippen LogP contribution in [0, 0.1) is 11.8 Å². The van der Waals surface area contributed by atoms with Gasteiger partial charge in [-0.25, -0.2) is 0 Å². The van der Waals surface area contributed by atoms with E-state index >= 15 is 0 Å². The fraction of sp³-hybridized carbons (Fsp3) is 0.0370. The topological polar surface area (TPSA) is 8.17 Å². The van der Waals surface area contributed by atoms with Gasteiger partial charge in [-0.2, -0.15) is 0 Å². The van der Waals surface area contributed by atoms with Gasteiger partial charge in [0.05, 0.1) is 11.0 Å². The molecular weight excluding hydrogens is 677 g/mol. The number of anilines is 3. The van der Waals surface area contributed by atoms with Crippen molar-refractivity contribution in [3.05, 3.63) is 229 Å². The van der Waals surface area contributed by atoms with Crippen LogP contribution in [0.25, 0.3) is 60.9 Å². The smallest absolute Gasteiger partial charge is 0.0542 e. The lowest BCUT2D eigenvalue weighted by Crippen LogP contribution is -2.13. The highest BCUT2D eigenvalue weighted by molar-refractivity contribution is 6.19. The summed E-state index contributed by atoms with van der Waals surface area (Å²) in [5.74, 6) is 0.776.